The van der Waals surface area contributed by atoms with E-state index in [1.165, 1.54) is 0 Å². The molecule has 0 aliphatic rings. The fourth-order valence-corrected chi connectivity index (χ4v) is 3.03. The quantitative estimate of drug-likeness (QED) is 0.476. The number of para-hydroxylation sites is 1. The number of aliphatic carboxylic acids is 1. The number of thioether (sulfide) groups is 1. The smallest absolute Gasteiger partial charge is 0.309 e. The molecule has 0 unspecified atom stereocenters. The van der Waals surface area contributed by atoms with Crippen LogP contribution in [0.15, 0.2) is 35.6 Å². The molecular formula is C16H20N2O2S. The van der Waals surface area contributed by atoms with Crippen LogP contribution >= 0.6 is 11.8 Å². The van der Waals surface area contributed by atoms with Crippen LogP contribution in [0.3, 0.4) is 0 Å². The topological polar surface area (TPSA) is 63.1 Å². The lowest BCUT2D eigenvalue weighted by Crippen LogP contribution is -2.23. The predicted octanol–water partition coefficient (Wildman–Crippen LogP) is 4.00. The third-order valence-corrected chi connectivity index (χ3v) is 4.61. The van der Waals surface area contributed by atoms with E-state index in [1.54, 1.807) is 31.9 Å². The van der Waals surface area contributed by atoms with E-state index < -0.39 is 11.4 Å². The zero-order chi connectivity index (χ0) is 15.3. The molecule has 0 bridgehead atoms. The van der Waals surface area contributed by atoms with Gasteiger partial charge in [-0.25, -0.2) is 9.97 Å². The monoisotopic (exact) mass is 304 g/mol. The number of benzene rings is 1. The number of aromatic nitrogens is 2. The van der Waals surface area contributed by atoms with Gasteiger partial charge >= 0.3 is 5.97 Å². The van der Waals surface area contributed by atoms with Crippen molar-refractivity contribution >= 4 is 28.6 Å². The van der Waals surface area contributed by atoms with Gasteiger partial charge in [-0.15, -0.1) is 11.8 Å². The number of hydrogen-bond donors (Lipinski definition) is 1. The second-order valence-corrected chi connectivity index (χ2v) is 6.77. The highest BCUT2D eigenvalue weighted by Crippen LogP contribution is 2.27. The van der Waals surface area contributed by atoms with Crippen molar-refractivity contribution in [1.82, 2.24) is 9.97 Å². The van der Waals surface area contributed by atoms with Crippen LogP contribution in [0.5, 0.6) is 0 Å². The minimum Gasteiger partial charge on any atom is -0.481 e. The van der Waals surface area contributed by atoms with Gasteiger partial charge in [0.1, 0.15) is 11.4 Å². The minimum absolute atomic E-state index is 0.633. The molecule has 0 amide bonds. The van der Waals surface area contributed by atoms with Crippen molar-refractivity contribution < 1.29 is 9.90 Å². The van der Waals surface area contributed by atoms with Crippen molar-refractivity contribution in [3.05, 3.63) is 30.6 Å². The molecule has 2 aromatic rings. The molecule has 1 heterocycles. The number of fused-ring (bicyclic) bond motifs is 1. The number of carbonyl (C=O) groups is 1. The maximum absolute atomic E-state index is 11.0. The van der Waals surface area contributed by atoms with Crippen molar-refractivity contribution in [2.75, 3.05) is 5.75 Å². The standard InChI is InChI=1S/C16H20N2O2S/c1-16(2,15(19)20)9-5-6-10-21-14-12-7-3-4-8-13(12)17-11-18-14/h3-4,7-8,11H,5-6,9-10H2,1-2H3,(H,19,20). The average molecular weight is 304 g/mol. The summed E-state index contributed by atoms with van der Waals surface area (Å²) in [5.74, 6) is 0.216. The number of rotatable bonds is 7. The lowest BCUT2D eigenvalue weighted by atomic mass is 9.88. The lowest BCUT2D eigenvalue weighted by Gasteiger charge is -2.18. The van der Waals surface area contributed by atoms with E-state index in [0.717, 1.165) is 34.5 Å². The molecule has 1 N–H and O–H groups in total. The third kappa shape index (κ3) is 4.17. The van der Waals surface area contributed by atoms with Crippen molar-refractivity contribution in [3.8, 4) is 0 Å². The lowest BCUT2D eigenvalue weighted by molar-refractivity contribution is -0.147. The molecule has 0 radical (unpaired) electrons. The van der Waals surface area contributed by atoms with Gasteiger partial charge in [0.25, 0.3) is 0 Å². The zero-order valence-corrected chi connectivity index (χ0v) is 13.2. The molecule has 112 valence electrons. The van der Waals surface area contributed by atoms with Crippen LogP contribution in [0, 0.1) is 5.41 Å². The molecule has 0 saturated carbocycles. The Morgan fingerprint density at radius 2 is 2.00 bits per heavy atom. The van der Waals surface area contributed by atoms with Crippen molar-refractivity contribution in [2.24, 2.45) is 5.41 Å². The SMILES string of the molecule is CC(C)(CCCCSc1ncnc2ccccc12)C(=O)O. The summed E-state index contributed by atoms with van der Waals surface area (Å²) in [5, 5.41) is 11.1. The van der Waals surface area contributed by atoms with Crippen molar-refractivity contribution in [3.63, 3.8) is 0 Å². The summed E-state index contributed by atoms with van der Waals surface area (Å²) in [6.07, 6.45) is 4.20. The number of hydrogen-bond acceptors (Lipinski definition) is 4. The first-order valence-corrected chi connectivity index (χ1v) is 8.05. The van der Waals surface area contributed by atoms with Crippen molar-refractivity contribution in [2.45, 2.75) is 38.1 Å². The summed E-state index contributed by atoms with van der Waals surface area (Å²) in [6.45, 7) is 3.56. The number of nitrogens with zero attached hydrogens (tertiary/aromatic N) is 2. The van der Waals surface area contributed by atoms with Gasteiger partial charge in [-0.3, -0.25) is 4.79 Å². The van der Waals surface area contributed by atoms with Gasteiger partial charge < -0.3 is 5.11 Å². The maximum atomic E-state index is 11.0. The normalized spacial score (nSPS) is 11.7. The van der Waals surface area contributed by atoms with Gasteiger partial charge in [-0.05, 0) is 38.5 Å². The van der Waals surface area contributed by atoms with Crippen LogP contribution in [-0.4, -0.2) is 26.8 Å². The van der Waals surface area contributed by atoms with E-state index >= 15 is 0 Å². The fraction of sp³-hybridized carbons (Fsp3) is 0.438. The molecular weight excluding hydrogens is 284 g/mol. The molecule has 1 aromatic carbocycles. The van der Waals surface area contributed by atoms with Crippen LogP contribution in [0.4, 0.5) is 0 Å². The molecule has 0 fully saturated rings. The van der Waals surface area contributed by atoms with Crippen LogP contribution in [-0.2, 0) is 4.79 Å². The summed E-state index contributed by atoms with van der Waals surface area (Å²) >= 11 is 1.71. The van der Waals surface area contributed by atoms with E-state index in [9.17, 15) is 4.79 Å². The van der Waals surface area contributed by atoms with Gasteiger partial charge in [0.15, 0.2) is 0 Å². The highest BCUT2D eigenvalue weighted by atomic mass is 32.2. The highest BCUT2D eigenvalue weighted by molar-refractivity contribution is 7.99. The second kappa shape index (κ2) is 6.89. The highest BCUT2D eigenvalue weighted by Gasteiger charge is 2.25. The van der Waals surface area contributed by atoms with Gasteiger partial charge in [-0.2, -0.15) is 0 Å². The Morgan fingerprint density at radius 3 is 2.76 bits per heavy atom. The van der Waals surface area contributed by atoms with Crippen molar-refractivity contribution in [1.29, 1.82) is 0 Å². The molecule has 2 rings (SSSR count). The van der Waals surface area contributed by atoms with Gasteiger partial charge in [0.2, 0.25) is 0 Å². The van der Waals surface area contributed by atoms with Crippen LogP contribution in [0.25, 0.3) is 10.9 Å². The first kappa shape index (κ1) is 15.8. The Morgan fingerprint density at radius 1 is 1.24 bits per heavy atom. The molecule has 21 heavy (non-hydrogen) atoms. The number of unbranched alkanes of at least 4 members (excludes halogenated alkanes) is 1. The number of carboxylic acids is 1. The van der Waals surface area contributed by atoms with Crippen LogP contribution in [0.2, 0.25) is 0 Å². The first-order chi connectivity index (χ1) is 10.0. The summed E-state index contributed by atoms with van der Waals surface area (Å²) in [4.78, 5) is 19.6. The summed E-state index contributed by atoms with van der Waals surface area (Å²) in [6, 6.07) is 7.98. The Balaban J connectivity index is 1.85. The molecule has 0 aliphatic carbocycles. The van der Waals surface area contributed by atoms with E-state index in [1.807, 2.05) is 24.3 Å². The molecule has 1 aromatic heterocycles. The minimum atomic E-state index is -0.725. The second-order valence-electron chi connectivity index (χ2n) is 5.69. The molecule has 0 atom stereocenters. The van der Waals surface area contributed by atoms with Gasteiger partial charge in [0, 0.05) is 5.39 Å². The third-order valence-electron chi connectivity index (χ3n) is 3.52. The average Bonchev–Trinajstić information content (AvgIpc) is 2.47. The van der Waals surface area contributed by atoms with E-state index in [0.29, 0.717) is 6.42 Å². The summed E-state index contributed by atoms with van der Waals surface area (Å²) in [7, 11) is 0. The fourth-order valence-electron chi connectivity index (χ4n) is 2.04. The number of carboxylic acid groups (broad SMARTS) is 1. The Labute approximate surface area is 129 Å². The van der Waals surface area contributed by atoms with Gasteiger partial charge in [-0.1, -0.05) is 24.6 Å². The van der Waals surface area contributed by atoms with Crippen LogP contribution < -0.4 is 0 Å². The molecule has 4 nitrogen and oxygen atoms in total. The zero-order valence-electron chi connectivity index (χ0n) is 12.4. The van der Waals surface area contributed by atoms with E-state index in [4.69, 9.17) is 5.11 Å². The Bertz CT molecular complexity index is 623. The largest absolute Gasteiger partial charge is 0.481 e. The van der Waals surface area contributed by atoms with Gasteiger partial charge in [0.05, 0.1) is 10.9 Å². The molecule has 0 spiro atoms. The molecule has 0 aliphatic heterocycles. The summed E-state index contributed by atoms with van der Waals surface area (Å²) in [5.41, 5.74) is 0.328. The first-order valence-electron chi connectivity index (χ1n) is 7.07. The van der Waals surface area contributed by atoms with Crippen LogP contribution in [0.1, 0.15) is 33.1 Å². The Kier molecular flexibility index (Phi) is 5.17. The molecule has 0 saturated heterocycles. The summed E-state index contributed by atoms with van der Waals surface area (Å²) < 4.78 is 0. The van der Waals surface area contributed by atoms with E-state index in [-0.39, 0.29) is 0 Å². The maximum Gasteiger partial charge on any atom is 0.309 e. The molecule has 5 heteroatoms. The van der Waals surface area contributed by atoms with E-state index in [2.05, 4.69) is 9.97 Å². The predicted molar refractivity (Wildman–Crippen MR) is 85.5 cm³/mol. The Hall–Kier alpha value is -1.62.